The highest BCUT2D eigenvalue weighted by atomic mass is 16.5. The number of rotatable bonds is 7. The van der Waals surface area contributed by atoms with Gasteiger partial charge in [-0.3, -0.25) is 4.79 Å². The van der Waals surface area contributed by atoms with Crippen molar-refractivity contribution in [3.8, 4) is 0 Å². The lowest BCUT2D eigenvalue weighted by Gasteiger charge is -2.26. The van der Waals surface area contributed by atoms with Gasteiger partial charge >= 0.3 is 12.1 Å². The number of benzene rings is 1. The van der Waals surface area contributed by atoms with E-state index in [1.807, 2.05) is 44.2 Å². The van der Waals surface area contributed by atoms with Gasteiger partial charge in [-0.2, -0.15) is 0 Å². The van der Waals surface area contributed by atoms with Gasteiger partial charge in [0.15, 0.2) is 0 Å². The first kappa shape index (κ1) is 18.8. The molecular weight excluding hydrogens is 324 g/mol. The van der Waals surface area contributed by atoms with Gasteiger partial charge in [0.1, 0.15) is 18.7 Å². The second-order valence-electron chi connectivity index (χ2n) is 6.56. The van der Waals surface area contributed by atoms with Crippen molar-refractivity contribution < 1.29 is 24.2 Å². The van der Waals surface area contributed by atoms with E-state index in [4.69, 9.17) is 4.74 Å². The van der Waals surface area contributed by atoms with Crippen molar-refractivity contribution in [2.75, 3.05) is 6.54 Å². The molecule has 7 heteroatoms. The van der Waals surface area contributed by atoms with E-state index in [2.05, 4.69) is 5.32 Å². The summed E-state index contributed by atoms with van der Waals surface area (Å²) in [6.07, 6.45) is 0.0766. The van der Waals surface area contributed by atoms with Gasteiger partial charge in [-0.1, -0.05) is 44.2 Å². The minimum absolute atomic E-state index is 0.113. The second kappa shape index (κ2) is 8.50. The van der Waals surface area contributed by atoms with Gasteiger partial charge in [-0.25, -0.2) is 9.59 Å². The highest BCUT2D eigenvalue weighted by Gasteiger charge is 2.39. The lowest BCUT2D eigenvalue weighted by Crippen LogP contribution is -2.47. The minimum Gasteiger partial charge on any atom is -0.480 e. The molecule has 0 aliphatic carbocycles. The average molecular weight is 348 g/mol. The van der Waals surface area contributed by atoms with Gasteiger partial charge < -0.3 is 20.1 Å². The summed E-state index contributed by atoms with van der Waals surface area (Å²) < 4.78 is 5.11. The summed E-state index contributed by atoms with van der Waals surface area (Å²) in [5.41, 5.74) is 0.847. The molecule has 0 radical (unpaired) electrons. The van der Waals surface area contributed by atoms with Gasteiger partial charge in [-0.15, -0.1) is 0 Å². The van der Waals surface area contributed by atoms with Crippen molar-refractivity contribution in [1.82, 2.24) is 10.2 Å². The third-order valence-corrected chi connectivity index (χ3v) is 4.10. The molecule has 0 unspecified atom stereocenters. The zero-order valence-corrected chi connectivity index (χ0v) is 14.5. The number of amides is 2. The molecule has 2 amide bonds. The third-order valence-electron chi connectivity index (χ3n) is 4.10. The molecule has 7 nitrogen and oxygen atoms in total. The summed E-state index contributed by atoms with van der Waals surface area (Å²) in [7, 11) is 0. The highest BCUT2D eigenvalue weighted by molar-refractivity contribution is 5.91. The predicted octanol–water partition coefficient (Wildman–Crippen LogP) is 2.01. The second-order valence-corrected chi connectivity index (χ2v) is 6.56. The van der Waals surface area contributed by atoms with Crippen molar-refractivity contribution >= 4 is 18.0 Å². The fourth-order valence-electron chi connectivity index (χ4n) is 2.86. The molecule has 1 heterocycles. The molecule has 0 aromatic heterocycles. The standard InChI is InChI=1S/C18H24N2O5/c1-12(2)10-15(17(22)23)20-9-8-14(16(20)21)19-18(24)25-11-13-6-4-3-5-7-13/h3-7,12,14-15H,8-11H2,1-2H3,(H,19,24)(H,22,23)/t14-,15-/m0/s1. The number of nitrogens with zero attached hydrogens (tertiary/aromatic N) is 1. The molecule has 136 valence electrons. The van der Waals surface area contributed by atoms with Gasteiger partial charge in [-0.05, 0) is 24.3 Å². The smallest absolute Gasteiger partial charge is 0.408 e. The molecule has 1 aromatic rings. The molecule has 1 saturated heterocycles. The van der Waals surface area contributed by atoms with Crippen molar-refractivity contribution in [1.29, 1.82) is 0 Å². The Morgan fingerprint density at radius 1 is 1.32 bits per heavy atom. The summed E-state index contributed by atoms with van der Waals surface area (Å²) in [4.78, 5) is 37.1. The van der Waals surface area contributed by atoms with E-state index in [0.29, 0.717) is 19.4 Å². The maximum absolute atomic E-state index is 12.4. The van der Waals surface area contributed by atoms with Crippen LogP contribution in [-0.2, 0) is 20.9 Å². The summed E-state index contributed by atoms with van der Waals surface area (Å²) in [5, 5.41) is 11.9. The van der Waals surface area contributed by atoms with Crippen LogP contribution in [0.25, 0.3) is 0 Å². The van der Waals surface area contributed by atoms with Crippen LogP contribution in [0.5, 0.6) is 0 Å². The molecule has 1 aliphatic heterocycles. The quantitative estimate of drug-likeness (QED) is 0.786. The van der Waals surface area contributed by atoms with Crippen LogP contribution in [0.2, 0.25) is 0 Å². The van der Waals surface area contributed by atoms with E-state index < -0.39 is 24.1 Å². The van der Waals surface area contributed by atoms with Crippen LogP contribution in [-0.4, -0.2) is 46.6 Å². The van der Waals surface area contributed by atoms with Gasteiger partial charge in [0.2, 0.25) is 5.91 Å². The fourth-order valence-corrected chi connectivity index (χ4v) is 2.86. The van der Waals surface area contributed by atoms with E-state index in [1.54, 1.807) is 0 Å². The van der Waals surface area contributed by atoms with Crippen LogP contribution in [0.4, 0.5) is 4.79 Å². The van der Waals surface area contributed by atoms with Crippen molar-refractivity contribution in [2.45, 2.75) is 45.4 Å². The molecule has 1 aliphatic rings. The molecule has 2 N–H and O–H groups in total. The number of nitrogens with one attached hydrogen (secondary N) is 1. The molecule has 1 fully saturated rings. The molecule has 0 spiro atoms. The SMILES string of the molecule is CC(C)C[C@@H](C(=O)O)N1CC[C@H](NC(=O)OCc2ccccc2)C1=O. The minimum atomic E-state index is -1.02. The van der Waals surface area contributed by atoms with E-state index in [0.717, 1.165) is 5.56 Å². The Morgan fingerprint density at radius 3 is 2.60 bits per heavy atom. The summed E-state index contributed by atoms with van der Waals surface area (Å²) >= 11 is 0. The average Bonchev–Trinajstić information content (AvgIpc) is 2.92. The number of carboxylic acids is 1. The zero-order valence-electron chi connectivity index (χ0n) is 14.5. The Balaban J connectivity index is 1.88. The number of hydrogen-bond acceptors (Lipinski definition) is 4. The Kier molecular flexibility index (Phi) is 6.38. The third kappa shape index (κ3) is 5.20. The van der Waals surface area contributed by atoms with Crippen LogP contribution in [0, 0.1) is 5.92 Å². The molecule has 1 aromatic carbocycles. The van der Waals surface area contributed by atoms with Crippen LogP contribution in [0.15, 0.2) is 30.3 Å². The Labute approximate surface area is 147 Å². The topological polar surface area (TPSA) is 95.9 Å². The zero-order chi connectivity index (χ0) is 18.4. The highest BCUT2D eigenvalue weighted by Crippen LogP contribution is 2.20. The Morgan fingerprint density at radius 2 is 2.00 bits per heavy atom. The first-order chi connectivity index (χ1) is 11.9. The summed E-state index contributed by atoms with van der Waals surface area (Å²) in [6.45, 7) is 4.24. The van der Waals surface area contributed by atoms with Crippen LogP contribution < -0.4 is 5.32 Å². The fraction of sp³-hybridized carbons (Fsp3) is 0.500. The first-order valence-corrected chi connectivity index (χ1v) is 8.39. The molecule has 0 saturated carbocycles. The van der Waals surface area contributed by atoms with E-state index in [9.17, 15) is 19.5 Å². The molecule has 2 atom stereocenters. The summed E-state index contributed by atoms with van der Waals surface area (Å²) in [6, 6.07) is 7.62. The monoisotopic (exact) mass is 348 g/mol. The molecule has 2 rings (SSSR count). The number of carboxylic acid groups (broad SMARTS) is 1. The maximum atomic E-state index is 12.4. The molecule has 25 heavy (non-hydrogen) atoms. The number of carbonyl (C=O) groups is 3. The van der Waals surface area contributed by atoms with Gasteiger partial charge in [0.25, 0.3) is 0 Å². The maximum Gasteiger partial charge on any atom is 0.408 e. The number of carbonyl (C=O) groups excluding carboxylic acids is 2. The number of alkyl carbamates (subject to hydrolysis) is 1. The first-order valence-electron chi connectivity index (χ1n) is 8.39. The Bertz CT molecular complexity index is 617. The lowest BCUT2D eigenvalue weighted by molar-refractivity contribution is -0.149. The predicted molar refractivity (Wildman–Crippen MR) is 90.8 cm³/mol. The van der Waals surface area contributed by atoms with Gasteiger partial charge in [0.05, 0.1) is 0 Å². The largest absolute Gasteiger partial charge is 0.480 e. The molecular formula is C18H24N2O5. The van der Waals surface area contributed by atoms with E-state index >= 15 is 0 Å². The van der Waals surface area contributed by atoms with Crippen LogP contribution in [0.1, 0.15) is 32.3 Å². The number of ether oxygens (including phenoxy) is 1. The van der Waals surface area contributed by atoms with Gasteiger partial charge in [0, 0.05) is 6.54 Å². The summed E-state index contributed by atoms with van der Waals surface area (Å²) in [5.74, 6) is -1.24. The van der Waals surface area contributed by atoms with E-state index in [-0.39, 0.29) is 18.4 Å². The van der Waals surface area contributed by atoms with Crippen molar-refractivity contribution in [3.63, 3.8) is 0 Å². The van der Waals surface area contributed by atoms with Crippen LogP contribution in [0.3, 0.4) is 0 Å². The normalized spacial score (nSPS) is 18.3. The lowest BCUT2D eigenvalue weighted by atomic mass is 10.0. The van der Waals surface area contributed by atoms with Crippen molar-refractivity contribution in [3.05, 3.63) is 35.9 Å². The Hall–Kier alpha value is -2.57. The van der Waals surface area contributed by atoms with Crippen LogP contribution >= 0.6 is 0 Å². The number of hydrogen-bond donors (Lipinski definition) is 2. The molecule has 0 bridgehead atoms. The van der Waals surface area contributed by atoms with Crippen molar-refractivity contribution in [2.24, 2.45) is 5.92 Å². The number of likely N-dealkylation sites (tertiary alicyclic amines) is 1. The van der Waals surface area contributed by atoms with E-state index in [1.165, 1.54) is 4.90 Å². The number of aliphatic carboxylic acids is 1.